The molecule has 0 aliphatic carbocycles. The number of nitrogens with zero attached hydrogens (tertiary/aromatic N) is 1. The molecule has 0 saturated heterocycles. The molecule has 2 bridgehead atoms. The molecule has 1 aromatic carbocycles. The number of fused-ring (bicyclic) bond motifs is 2. The van der Waals surface area contributed by atoms with Crippen molar-refractivity contribution < 1.29 is 23.6 Å². The minimum Gasteiger partial charge on any atom is -0.446 e. The first kappa shape index (κ1) is 30.8. The van der Waals surface area contributed by atoms with Crippen molar-refractivity contribution in [3.05, 3.63) is 53.7 Å². The lowest BCUT2D eigenvalue weighted by molar-refractivity contribution is -0.133. The predicted molar refractivity (Wildman–Crippen MR) is 151 cm³/mol. The number of nitrogens with one attached hydrogen (secondary N) is 4. The minimum absolute atomic E-state index is 0.0169. The molecule has 0 spiro atoms. The first-order valence-electron chi connectivity index (χ1n) is 14.1. The Morgan fingerprint density at radius 1 is 0.675 bits per heavy atom. The van der Waals surface area contributed by atoms with Crippen molar-refractivity contribution in [2.45, 2.75) is 91.4 Å². The van der Waals surface area contributed by atoms with Crippen LogP contribution in [0.3, 0.4) is 0 Å². The van der Waals surface area contributed by atoms with Crippen molar-refractivity contribution in [3.8, 4) is 0 Å². The standard InChI is InChI=1S/C30H43N5O5/c1-17(2)12-21-26(36)33-23(15-20-10-8-7-9-11-20)28(38)31-22(13-18(3)4)27(37)34-24(14-19(5)6)30-35-25(16-40-30)29(39)32-21/h7-11,16-19,21-24H,12-15H2,1-6H3,(H,31,38)(H,32,39)(H,33,36)(H,34,37)/t21-,22-,23-,24-/m0/s1. The van der Waals surface area contributed by atoms with E-state index in [1.54, 1.807) is 0 Å². The van der Waals surface area contributed by atoms with Crippen LogP contribution in [0.1, 0.15) is 88.8 Å². The lowest BCUT2D eigenvalue weighted by atomic mass is 9.99. The van der Waals surface area contributed by atoms with Crippen molar-refractivity contribution >= 4 is 23.6 Å². The summed E-state index contributed by atoms with van der Waals surface area (Å²) >= 11 is 0. The van der Waals surface area contributed by atoms with Crippen LogP contribution in [-0.2, 0) is 20.8 Å². The summed E-state index contributed by atoms with van der Waals surface area (Å²) in [6.07, 6.45) is 2.73. The molecule has 0 unspecified atom stereocenters. The Balaban J connectivity index is 2.04. The van der Waals surface area contributed by atoms with E-state index in [0.29, 0.717) is 19.3 Å². The number of oxazole rings is 1. The third-order valence-corrected chi connectivity index (χ3v) is 6.66. The van der Waals surface area contributed by atoms with Crippen LogP contribution < -0.4 is 21.3 Å². The third kappa shape index (κ3) is 8.93. The summed E-state index contributed by atoms with van der Waals surface area (Å²) < 4.78 is 5.64. The molecule has 1 aliphatic heterocycles. The van der Waals surface area contributed by atoms with Gasteiger partial charge in [0.1, 0.15) is 30.4 Å². The highest BCUT2D eigenvalue weighted by atomic mass is 16.3. The molecule has 0 radical (unpaired) electrons. The molecule has 4 N–H and O–H groups in total. The summed E-state index contributed by atoms with van der Waals surface area (Å²) in [5.74, 6) is -1.34. The maximum Gasteiger partial charge on any atom is 0.273 e. The second kappa shape index (κ2) is 14.1. The van der Waals surface area contributed by atoms with Gasteiger partial charge in [-0.1, -0.05) is 71.9 Å². The Morgan fingerprint density at radius 2 is 1.15 bits per heavy atom. The van der Waals surface area contributed by atoms with Gasteiger partial charge in [0.05, 0.1) is 0 Å². The van der Waals surface area contributed by atoms with Crippen LogP contribution in [0.25, 0.3) is 0 Å². The zero-order valence-electron chi connectivity index (χ0n) is 24.3. The van der Waals surface area contributed by atoms with Crippen LogP contribution in [0.2, 0.25) is 0 Å². The van der Waals surface area contributed by atoms with Gasteiger partial charge in [-0.3, -0.25) is 19.2 Å². The van der Waals surface area contributed by atoms with Crippen molar-refractivity contribution in [1.82, 2.24) is 26.3 Å². The minimum atomic E-state index is -0.960. The Kier molecular flexibility index (Phi) is 10.9. The highest BCUT2D eigenvalue weighted by Crippen LogP contribution is 2.22. The van der Waals surface area contributed by atoms with E-state index in [0.717, 1.165) is 5.56 Å². The number of benzene rings is 1. The third-order valence-electron chi connectivity index (χ3n) is 6.66. The molecule has 218 valence electrons. The summed E-state index contributed by atoms with van der Waals surface area (Å²) in [5, 5.41) is 11.5. The van der Waals surface area contributed by atoms with E-state index in [-0.39, 0.29) is 41.7 Å². The molecular formula is C30H43N5O5. The average Bonchev–Trinajstić information content (AvgIpc) is 3.37. The number of hydrogen-bond acceptors (Lipinski definition) is 6. The normalized spacial score (nSPS) is 22.8. The summed E-state index contributed by atoms with van der Waals surface area (Å²) in [6.45, 7) is 11.8. The molecule has 0 fully saturated rings. The molecule has 1 aliphatic rings. The van der Waals surface area contributed by atoms with Gasteiger partial charge >= 0.3 is 0 Å². The van der Waals surface area contributed by atoms with E-state index in [4.69, 9.17) is 4.42 Å². The highest BCUT2D eigenvalue weighted by Gasteiger charge is 2.33. The van der Waals surface area contributed by atoms with E-state index < -0.39 is 41.9 Å². The molecule has 4 atom stereocenters. The molecule has 10 heteroatoms. The fourth-order valence-electron chi connectivity index (χ4n) is 4.76. The van der Waals surface area contributed by atoms with Gasteiger partial charge in [0, 0.05) is 6.42 Å². The predicted octanol–water partition coefficient (Wildman–Crippen LogP) is 3.29. The van der Waals surface area contributed by atoms with Crippen molar-refractivity contribution in [1.29, 1.82) is 0 Å². The van der Waals surface area contributed by atoms with Gasteiger partial charge in [-0.15, -0.1) is 0 Å². The van der Waals surface area contributed by atoms with Gasteiger partial charge in [0.15, 0.2) is 5.69 Å². The Morgan fingerprint density at radius 3 is 1.73 bits per heavy atom. The van der Waals surface area contributed by atoms with Crippen LogP contribution in [-0.4, -0.2) is 46.7 Å². The fourth-order valence-corrected chi connectivity index (χ4v) is 4.76. The molecule has 0 saturated carbocycles. The molecule has 1 aromatic heterocycles. The zero-order valence-corrected chi connectivity index (χ0v) is 24.3. The van der Waals surface area contributed by atoms with E-state index in [1.807, 2.05) is 71.9 Å². The van der Waals surface area contributed by atoms with Gasteiger partial charge in [0.25, 0.3) is 5.91 Å². The topological polar surface area (TPSA) is 142 Å². The first-order valence-corrected chi connectivity index (χ1v) is 14.1. The molecule has 3 rings (SSSR count). The number of carbonyl (C=O) groups excluding carboxylic acids is 4. The Hall–Kier alpha value is -3.69. The summed E-state index contributed by atoms with van der Waals surface area (Å²) in [6, 6.07) is 6.04. The van der Waals surface area contributed by atoms with Gasteiger partial charge in [-0.05, 0) is 42.6 Å². The van der Waals surface area contributed by atoms with Crippen LogP contribution in [0.15, 0.2) is 41.0 Å². The molecule has 4 amide bonds. The number of amides is 4. The Bertz CT molecular complexity index is 1160. The monoisotopic (exact) mass is 553 g/mol. The molecule has 2 heterocycles. The van der Waals surface area contributed by atoms with Crippen LogP contribution in [0.5, 0.6) is 0 Å². The SMILES string of the molecule is CC(C)C[C@@H]1NC(=O)c2coc(n2)[C@H](CC(C)C)NC(=O)[C@H](CC(C)C)NC(=O)[C@H](Cc2ccccc2)NC1=O. The second-order valence-corrected chi connectivity index (χ2v) is 11.9. The number of carbonyl (C=O) groups is 4. The van der Waals surface area contributed by atoms with E-state index in [2.05, 4.69) is 26.3 Å². The number of aromatic nitrogens is 1. The van der Waals surface area contributed by atoms with E-state index in [1.165, 1.54) is 6.26 Å². The van der Waals surface area contributed by atoms with Crippen LogP contribution >= 0.6 is 0 Å². The van der Waals surface area contributed by atoms with Crippen molar-refractivity contribution in [2.75, 3.05) is 0 Å². The average molecular weight is 554 g/mol. The van der Waals surface area contributed by atoms with Crippen molar-refractivity contribution in [3.63, 3.8) is 0 Å². The zero-order chi connectivity index (χ0) is 29.4. The first-order chi connectivity index (χ1) is 18.9. The van der Waals surface area contributed by atoms with Gasteiger partial charge in [-0.2, -0.15) is 0 Å². The summed E-state index contributed by atoms with van der Waals surface area (Å²) in [4.78, 5) is 58.2. The van der Waals surface area contributed by atoms with E-state index in [9.17, 15) is 19.2 Å². The highest BCUT2D eigenvalue weighted by molar-refractivity contribution is 5.97. The maximum absolute atomic E-state index is 13.7. The lowest BCUT2D eigenvalue weighted by Gasteiger charge is -2.27. The van der Waals surface area contributed by atoms with Crippen LogP contribution in [0, 0.1) is 17.8 Å². The number of rotatable bonds is 8. The molecule has 10 nitrogen and oxygen atoms in total. The van der Waals surface area contributed by atoms with Gasteiger partial charge < -0.3 is 25.7 Å². The Labute approximate surface area is 236 Å². The van der Waals surface area contributed by atoms with Crippen molar-refractivity contribution in [2.24, 2.45) is 17.8 Å². The molecule has 2 aromatic rings. The second-order valence-electron chi connectivity index (χ2n) is 11.9. The fraction of sp³-hybridized carbons (Fsp3) is 0.567. The molecule has 40 heavy (non-hydrogen) atoms. The smallest absolute Gasteiger partial charge is 0.273 e. The summed E-state index contributed by atoms with van der Waals surface area (Å²) in [5.41, 5.74) is 0.866. The lowest BCUT2D eigenvalue weighted by Crippen LogP contribution is -2.57. The summed E-state index contributed by atoms with van der Waals surface area (Å²) in [7, 11) is 0. The van der Waals surface area contributed by atoms with E-state index >= 15 is 0 Å². The largest absolute Gasteiger partial charge is 0.446 e. The quantitative estimate of drug-likeness (QED) is 0.395. The number of hydrogen-bond donors (Lipinski definition) is 4. The van der Waals surface area contributed by atoms with Gasteiger partial charge in [-0.25, -0.2) is 4.98 Å². The van der Waals surface area contributed by atoms with Gasteiger partial charge in [0.2, 0.25) is 23.6 Å². The van der Waals surface area contributed by atoms with Crippen LogP contribution in [0.4, 0.5) is 0 Å². The maximum atomic E-state index is 13.7. The molecular weight excluding hydrogens is 510 g/mol.